The maximum atomic E-state index is 14.2. The summed E-state index contributed by atoms with van der Waals surface area (Å²) in [6.07, 6.45) is 1.05. The standard InChI is InChI=1S/C28H27N7O4S4/c1-34-27(31-32-33-34)43-16-20-15-42-26-28(40-2,30-21(36)17-41-14-13-29)25(38)35(26)22(20)24(37)39-23(18-9-5-3-6-10-18)19-11-7-4-8-12-19/h3-12,23,26H,14-17H2,1-2H3,(H,30,36)/t26-,28+/m1/s1. The number of tetrazole rings is 1. The van der Waals surface area contributed by atoms with Gasteiger partial charge in [0.25, 0.3) is 5.91 Å². The molecule has 222 valence electrons. The highest BCUT2D eigenvalue weighted by molar-refractivity contribution is 8.05. The first-order valence-electron chi connectivity index (χ1n) is 13.0. The van der Waals surface area contributed by atoms with Crippen molar-refractivity contribution in [2.45, 2.75) is 21.5 Å². The number of ether oxygens (including phenoxy) is 1. The van der Waals surface area contributed by atoms with Gasteiger partial charge in [0.15, 0.2) is 11.0 Å². The van der Waals surface area contributed by atoms with Crippen LogP contribution in [-0.2, 0) is 26.2 Å². The molecule has 2 atom stereocenters. The number of amides is 2. The largest absolute Gasteiger partial charge is 0.448 e. The SMILES string of the molecule is CS[C@@]1(NC(=O)CSCC#N)C(=O)N2C(C(=O)OC(c3ccccc3)c3ccccc3)=C(CSc3nnnn3C)CS[C@@H]21. The number of rotatable bonds is 12. The Kier molecular flexibility index (Phi) is 10.0. The fourth-order valence-electron chi connectivity index (χ4n) is 4.72. The second-order valence-corrected chi connectivity index (χ2v) is 13.5. The molecular formula is C28H27N7O4S4. The number of carbonyl (C=O) groups is 3. The Morgan fingerprint density at radius 3 is 2.44 bits per heavy atom. The summed E-state index contributed by atoms with van der Waals surface area (Å²) in [5.41, 5.74) is 2.46. The fraction of sp³-hybridized carbons (Fsp3) is 0.321. The number of aromatic nitrogens is 4. The molecule has 2 aromatic carbocycles. The molecule has 2 aliphatic rings. The van der Waals surface area contributed by atoms with E-state index in [2.05, 4.69) is 20.8 Å². The number of hydrogen-bond acceptors (Lipinski definition) is 12. The number of aryl methyl sites for hydroxylation is 1. The zero-order valence-corrected chi connectivity index (χ0v) is 26.5. The van der Waals surface area contributed by atoms with Crippen LogP contribution in [0.25, 0.3) is 0 Å². The fourth-order valence-corrected chi connectivity index (χ4v) is 8.79. The number of fused-ring (bicyclic) bond motifs is 1. The first-order valence-corrected chi connectivity index (χ1v) is 17.4. The summed E-state index contributed by atoms with van der Waals surface area (Å²) < 4.78 is 7.76. The van der Waals surface area contributed by atoms with E-state index in [1.54, 1.807) is 13.3 Å². The van der Waals surface area contributed by atoms with Gasteiger partial charge in [-0.1, -0.05) is 72.4 Å². The molecule has 2 aliphatic heterocycles. The van der Waals surface area contributed by atoms with Crippen LogP contribution in [0.4, 0.5) is 0 Å². The van der Waals surface area contributed by atoms with Gasteiger partial charge in [0.05, 0.1) is 17.6 Å². The highest BCUT2D eigenvalue weighted by atomic mass is 32.2. The van der Waals surface area contributed by atoms with E-state index >= 15 is 0 Å². The van der Waals surface area contributed by atoms with Crippen LogP contribution in [0.3, 0.4) is 0 Å². The highest BCUT2D eigenvalue weighted by Crippen LogP contribution is 2.51. The van der Waals surface area contributed by atoms with Crippen LogP contribution >= 0.6 is 47.0 Å². The quantitative estimate of drug-likeness (QED) is 0.101. The molecule has 0 spiro atoms. The second kappa shape index (κ2) is 13.9. The van der Waals surface area contributed by atoms with Crippen molar-refractivity contribution in [3.05, 3.63) is 83.1 Å². The lowest BCUT2D eigenvalue weighted by Crippen LogP contribution is -2.78. The van der Waals surface area contributed by atoms with Crippen LogP contribution in [0.2, 0.25) is 0 Å². The molecule has 5 rings (SSSR count). The van der Waals surface area contributed by atoms with Gasteiger partial charge in [-0.25, -0.2) is 9.48 Å². The van der Waals surface area contributed by atoms with E-state index in [9.17, 15) is 14.4 Å². The lowest BCUT2D eigenvalue weighted by Gasteiger charge is -2.56. The van der Waals surface area contributed by atoms with Crippen molar-refractivity contribution in [2.24, 2.45) is 7.05 Å². The number of thioether (sulfide) groups is 4. The van der Waals surface area contributed by atoms with Crippen LogP contribution in [0, 0.1) is 11.3 Å². The minimum Gasteiger partial charge on any atom is -0.448 e. The number of nitrogens with one attached hydrogen (secondary N) is 1. The molecule has 43 heavy (non-hydrogen) atoms. The maximum absolute atomic E-state index is 14.2. The molecule has 2 amide bonds. The average Bonchev–Trinajstić information content (AvgIpc) is 3.45. The molecule has 3 aromatic rings. The van der Waals surface area contributed by atoms with Crippen molar-refractivity contribution in [2.75, 3.05) is 29.3 Å². The summed E-state index contributed by atoms with van der Waals surface area (Å²) >= 11 is 5.23. The summed E-state index contributed by atoms with van der Waals surface area (Å²) in [6, 6.07) is 20.9. The Morgan fingerprint density at radius 1 is 1.19 bits per heavy atom. The third-order valence-electron chi connectivity index (χ3n) is 6.74. The summed E-state index contributed by atoms with van der Waals surface area (Å²) in [5.74, 6) is -0.375. The van der Waals surface area contributed by atoms with Crippen LogP contribution < -0.4 is 5.32 Å². The number of β-lactam (4-membered cyclic amide) rings is 1. The monoisotopic (exact) mass is 653 g/mol. The molecule has 0 unspecified atom stereocenters. The lowest BCUT2D eigenvalue weighted by molar-refractivity contribution is -0.156. The van der Waals surface area contributed by atoms with Gasteiger partial charge < -0.3 is 10.1 Å². The van der Waals surface area contributed by atoms with Gasteiger partial charge in [0.2, 0.25) is 11.1 Å². The molecule has 0 bridgehead atoms. The van der Waals surface area contributed by atoms with Crippen LogP contribution in [0.15, 0.2) is 77.1 Å². The molecule has 1 N–H and O–H groups in total. The van der Waals surface area contributed by atoms with Gasteiger partial charge in [-0.3, -0.25) is 14.5 Å². The first-order chi connectivity index (χ1) is 20.9. The Bertz CT molecular complexity index is 1520. The number of benzene rings is 2. The number of esters is 1. The average molecular weight is 654 g/mol. The Morgan fingerprint density at radius 2 is 1.86 bits per heavy atom. The molecular weight excluding hydrogens is 627 g/mol. The predicted molar refractivity (Wildman–Crippen MR) is 168 cm³/mol. The summed E-state index contributed by atoms with van der Waals surface area (Å²) in [4.78, 5) is 41.0. The van der Waals surface area contributed by atoms with E-state index in [4.69, 9.17) is 10.00 Å². The number of hydrogen-bond donors (Lipinski definition) is 1. The van der Waals surface area contributed by atoms with Crippen molar-refractivity contribution < 1.29 is 19.1 Å². The topological polar surface area (TPSA) is 143 Å². The van der Waals surface area contributed by atoms with Gasteiger partial charge in [-0.2, -0.15) is 5.26 Å². The van der Waals surface area contributed by atoms with Crippen molar-refractivity contribution in [3.8, 4) is 6.07 Å². The van der Waals surface area contributed by atoms with E-state index in [0.717, 1.165) is 11.1 Å². The Labute approximate surface area is 265 Å². The second-order valence-electron chi connectivity index (χ2n) is 9.41. The van der Waals surface area contributed by atoms with E-state index in [1.165, 1.54) is 56.6 Å². The predicted octanol–water partition coefficient (Wildman–Crippen LogP) is 3.24. The van der Waals surface area contributed by atoms with Crippen molar-refractivity contribution in [1.29, 1.82) is 5.26 Å². The first kappa shape index (κ1) is 31.0. The molecule has 3 heterocycles. The third-order valence-corrected chi connectivity index (χ3v) is 11.3. The molecule has 1 aromatic heterocycles. The Balaban J connectivity index is 1.47. The van der Waals surface area contributed by atoms with E-state index < -0.39 is 28.2 Å². The Hall–Kier alpha value is -3.45. The third kappa shape index (κ3) is 6.42. The summed E-state index contributed by atoms with van der Waals surface area (Å²) in [6.45, 7) is 0. The van der Waals surface area contributed by atoms with Crippen molar-refractivity contribution in [3.63, 3.8) is 0 Å². The van der Waals surface area contributed by atoms with Gasteiger partial charge in [0.1, 0.15) is 11.1 Å². The maximum Gasteiger partial charge on any atom is 0.356 e. The summed E-state index contributed by atoms with van der Waals surface area (Å²) in [5, 5.41) is 23.3. The molecule has 0 saturated carbocycles. The van der Waals surface area contributed by atoms with Gasteiger partial charge in [-0.15, -0.1) is 40.4 Å². The summed E-state index contributed by atoms with van der Waals surface area (Å²) in [7, 11) is 1.73. The molecule has 0 radical (unpaired) electrons. The number of nitriles is 1. The molecule has 1 saturated heterocycles. The zero-order valence-electron chi connectivity index (χ0n) is 23.2. The zero-order chi connectivity index (χ0) is 30.4. The smallest absolute Gasteiger partial charge is 0.356 e. The van der Waals surface area contributed by atoms with Crippen LogP contribution in [0.1, 0.15) is 17.2 Å². The number of nitrogens with zero attached hydrogens (tertiary/aromatic N) is 6. The van der Waals surface area contributed by atoms with Gasteiger partial charge in [-0.05, 0) is 33.4 Å². The van der Waals surface area contributed by atoms with Crippen LogP contribution in [0.5, 0.6) is 0 Å². The number of carbonyl (C=O) groups excluding carboxylic acids is 3. The van der Waals surface area contributed by atoms with E-state index in [0.29, 0.717) is 22.2 Å². The minimum atomic E-state index is -1.25. The van der Waals surface area contributed by atoms with Crippen molar-refractivity contribution >= 4 is 64.8 Å². The molecule has 0 aliphatic carbocycles. The minimum absolute atomic E-state index is 0.0503. The highest BCUT2D eigenvalue weighted by Gasteiger charge is 2.65. The van der Waals surface area contributed by atoms with Gasteiger partial charge >= 0.3 is 5.97 Å². The lowest BCUT2D eigenvalue weighted by atomic mass is 10.0. The molecule has 15 heteroatoms. The van der Waals surface area contributed by atoms with E-state index in [1.807, 2.05) is 66.7 Å². The molecule has 11 nitrogen and oxygen atoms in total. The molecule has 1 fully saturated rings. The normalized spacial score (nSPS) is 19.4. The van der Waals surface area contributed by atoms with Crippen molar-refractivity contribution in [1.82, 2.24) is 30.4 Å². The van der Waals surface area contributed by atoms with Crippen LogP contribution in [-0.4, -0.2) is 82.4 Å². The van der Waals surface area contributed by atoms with E-state index in [-0.39, 0.29) is 23.1 Å². The van der Waals surface area contributed by atoms with Gasteiger partial charge in [0, 0.05) is 18.6 Å².